The fraction of sp³-hybridized carbons (Fsp3) is 0.227. The van der Waals surface area contributed by atoms with Crippen molar-refractivity contribution in [2.24, 2.45) is 0 Å². The quantitative estimate of drug-likeness (QED) is 0.667. The van der Waals surface area contributed by atoms with Crippen molar-refractivity contribution >= 4 is 22.9 Å². The van der Waals surface area contributed by atoms with Crippen molar-refractivity contribution in [1.29, 1.82) is 0 Å². The van der Waals surface area contributed by atoms with Crippen LogP contribution in [0.4, 0.5) is 5.69 Å². The van der Waals surface area contributed by atoms with E-state index in [0.29, 0.717) is 17.9 Å². The molecule has 1 N–H and O–H groups in total. The van der Waals surface area contributed by atoms with E-state index in [1.54, 1.807) is 32.7 Å². The fourth-order valence-corrected chi connectivity index (χ4v) is 4.78. The molecule has 1 aliphatic rings. The summed E-state index contributed by atoms with van der Waals surface area (Å²) in [6.45, 7) is 0. The number of hydrogen-bond acceptors (Lipinski definition) is 5. The topological polar surface area (TPSA) is 56.8 Å². The van der Waals surface area contributed by atoms with Gasteiger partial charge in [0, 0.05) is 33.7 Å². The number of amides is 1. The monoisotopic (exact) mass is 395 g/mol. The highest BCUT2D eigenvalue weighted by molar-refractivity contribution is 7.11. The summed E-state index contributed by atoms with van der Waals surface area (Å²) in [5, 5.41) is 5.15. The Balaban J connectivity index is 1.81. The van der Waals surface area contributed by atoms with Gasteiger partial charge in [0.05, 0.1) is 27.0 Å². The van der Waals surface area contributed by atoms with Gasteiger partial charge in [0.2, 0.25) is 5.91 Å². The van der Waals surface area contributed by atoms with Crippen LogP contribution >= 0.6 is 11.3 Å². The minimum atomic E-state index is -0.0305. The Kier molecular flexibility index (Phi) is 4.96. The molecular formula is C22H21NO4S. The maximum Gasteiger partial charge on any atom is 0.225 e. The second kappa shape index (κ2) is 7.56. The average molecular weight is 395 g/mol. The lowest BCUT2D eigenvalue weighted by Gasteiger charge is -2.24. The van der Waals surface area contributed by atoms with Crippen molar-refractivity contribution in [3.05, 3.63) is 58.3 Å². The van der Waals surface area contributed by atoms with Crippen LogP contribution in [0, 0.1) is 0 Å². The van der Waals surface area contributed by atoms with Crippen LogP contribution in [0.25, 0.3) is 11.1 Å². The van der Waals surface area contributed by atoms with Gasteiger partial charge in [-0.15, -0.1) is 11.3 Å². The molecule has 0 radical (unpaired) electrons. The van der Waals surface area contributed by atoms with E-state index in [1.807, 2.05) is 42.5 Å². The average Bonchev–Trinajstić information content (AvgIpc) is 3.16. The van der Waals surface area contributed by atoms with Crippen LogP contribution in [0.5, 0.6) is 17.2 Å². The third-order valence-electron chi connectivity index (χ3n) is 5.00. The lowest BCUT2D eigenvalue weighted by Crippen LogP contribution is -2.22. The maximum absolute atomic E-state index is 12.5. The van der Waals surface area contributed by atoms with Gasteiger partial charge in [-0.05, 0) is 23.8 Å². The highest BCUT2D eigenvalue weighted by Crippen LogP contribution is 2.49. The van der Waals surface area contributed by atoms with Crippen LogP contribution in [0.1, 0.15) is 22.8 Å². The Bertz CT molecular complexity index is 1030. The highest BCUT2D eigenvalue weighted by atomic mass is 32.1. The molecule has 0 unspecified atom stereocenters. The van der Waals surface area contributed by atoms with Gasteiger partial charge in [-0.25, -0.2) is 0 Å². The first-order valence-electron chi connectivity index (χ1n) is 8.92. The molecule has 6 heteroatoms. The van der Waals surface area contributed by atoms with E-state index < -0.39 is 0 Å². The molecule has 0 aliphatic carbocycles. The van der Waals surface area contributed by atoms with Crippen LogP contribution in [0.2, 0.25) is 0 Å². The minimum absolute atomic E-state index is 0.00170. The Morgan fingerprint density at radius 2 is 1.68 bits per heavy atom. The van der Waals surface area contributed by atoms with Crippen LogP contribution < -0.4 is 19.5 Å². The molecule has 144 valence electrons. The van der Waals surface area contributed by atoms with Crippen LogP contribution in [-0.4, -0.2) is 27.2 Å². The zero-order valence-corrected chi connectivity index (χ0v) is 16.8. The van der Waals surface area contributed by atoms with Crippen molar-refractivity contribution in [3.63, 3.8) is 0 Å². The Labute approximate surface area is 167 Å². The van der Waals surface area contributed by atoms with Gasteiger partial charge in [0.1, 0.15) is 5.75 Å². The molecule has 1 amide bonds. The van der Waals surface area contributed by atoms with Crippen molar-refractivity contribution in [2.75, 3.05) is 26.6 Å². The summed E-state index contributed by atoms with van der Waals surface area (Å²) in [4.78, 5) is 13.7. The highest BCUT2D eigenvalue weighted by Gasteiger charge is 2.31. The predicted molar refractivity (Wildman–Crippen MR) is 111 cm³/mol. The SMILES string of the molecule is COc1ccc([C@@H]2CC(=O)Nc3c(-c4ccccc4OC)csc32)cc1OC. The van der Waals surface area contributed by atoms with Gasteiger partial charge in [-0.1, -0.05) is 24.3 Å². The molecule has 0 fully saturated rings. The molecule has 4 rings (SSSR count). The first-order valence-corrected chi connectivity index (χ1v) is 9.80. The largest absolute Gasteiger partial charge is 0.496 e. The zero-order chi connectivity index (χ0) is 19.7. The van der Waals surface area contributed by atoms with Crippen molar-refractivity contribution < 1.29 is 19.0 Å². The first kappa shape index (κ1) is 18.4. The van der Waals surface area contributed by atoms with Gasteiger partial charge >= 0.3 is 0 Å². The summed E-state index contributed by atoms with van der Waals surface area (Å²) in [6.07, 6.45) is 0.397. The zero-order valence-electron chi connectivity index (χ0n) is 15.9. The summed E-state index contributed by atoms with van der Waals surface area (Å²) in [6, 6.07) is 13.7. The molecule has 1 aromatic heterocycles. The van der Waals surface area contributed by atoms with Gasteiger partial charge in [0.15, 0.2) is 11.5 Å². The van der Waals surface area contributed by atoms with E-state index in [9.17, 15) is 4.79 Å². The van der Waals surface area contributed by atoms with Gasteiger partial charge in [0.25, 0.3) is 0 Å². The number of nitrogens with one attached hydrogen (secondary N) is 1. The number of carbonyl (C=O) groups excluding carboxylic acids is 1. The number of ether oxygens (including phenoxy) is 3. The second-order valence-corrected chi connectivity index (χ2v) is 7.42. The van der Waals surface area contributed by atoms with Gasteiger partial charge < -0.3 is 19.5 Å². The summed E-state index contributed by atoms with van der Waals surface area (Å²) < 4.78 is 16.3. The third-order valence-corrected chi connectivity index (χ3v) is 6.09. The summed E-state index contributed by atoms with van der Waals surface area (Å²) in [5.41, 5.74) is 3.85. The van der Waals surface area contributed by atoms with Crippen LogP contribution in [0.3, 0.4) is 0 Å². The van der Waals surface area contributed by atoms with Crippen molar-refractivity contribution in [3.8, 4) is 28.4 Å². The summed E-state index contributed by atoms with van der Waals surface area (Å²) in [5.74, 6) is 2.09. The number of anilines is 1. The van der Waals surface area contributed by atoms with E-state index in [2.05, 4.69) is 10.7 Å². The predicted octanol–water partition coefficient (Wildman–Crippen LogP) is 4.92. The second-order valence-electron chi connectivity index (χ2n) is 6.51. The fourth-order valence-electron chi connectivity index (χ4n) is 3.63. The minimum Gasteiger partial charge on any atom is -0.496 e. The first-order chi connectivity index (χ1) is 13.7. The van der Waals surface area contributed by atoms with Crippen LogP contribution in [0.15, 0.2) is 47.8 Å². The number of para-hydroxylation sites is 1. The molecule has 0 bridgehead atoms. The third kappa shape index (κ3) is 3.10. The van der Waals surface area contributed by atoms with E-state index in [1.165, 1.54) is 0 Å². The molecule has 3 aromatic rings. The Morgan fingerprint density at radius 3 is 2.43 bits per heavy atom. The van der Waals surface area contributed by atoms with Crippen molar-refractivity contribution in [2.45, 2.75) is 12.3 Å². The molecule has 2 aromatic carbocycles. The number of fused-ring (bicyclic) bond motifs is 1. The van der Waals surface area contributed by atoms with E-state index in [4.69, 9.17) is 14.2 Å². The number of methoxy groups -OCH3 is 3. The number of benzene rings is 2. The van der Waals surface area contributed by atoms with Crippen molar-refractivity contribution in [1.82, 2.24) is 0 Å². The number of thiophene rings is 1. The Morgan fingerprint density at radius 1 is 0.929 bits per heavy atom. The smallest absolute Gasteiger partial charge is 0.225 e. The summed E-state index contributed by atoms with van der Waals surface area (Å²) in [7, 11) is 4.89. The normalized spacial score (nSPS) is 15.5. The molecule has 1 aliphatic heterocycles. The van der Waals surface area contributed by atoms with E-state index in [-0.39, 0.29) is 11.8 Å². The molecule has 5 nitrogen and oxygen atoms in total. The molecule has 28 heavy (non-hydrogen) atoms. The summed E-state index contributed by atoms with van der Waals surface area (Å²) >= 11 is 1.65. The maximum atomic E-state index is 12.5. The number of rotatable bonds is 5. The Hall–Kier alpha value is -2.99. The molecule has 0 saturated carbocycles. The van der Waals surface area contributed by atoms with Gasteiger partial charge in [-0.2, -0.15) is 0 Å². The molecular weight excluding hydrogens is 374 g/mol. The lowest BCUT2D eigenvalue weighted by atomic mass is 9.89. The molecule has 1 atom stereocenters. The number of hydrogen-bond donors (Lipinski definition) is 1. The number of carbonyl (C=O) groups is 1. The molecule has 2 heterocycles. The standard InChI is InChI=1S/C22H21NO4S/c1-25-17-7-5-4-6-14(17)16-12-28-22-15(11-20(24)23-21(16)22)13-8-9-18(26-2)19(10-13)27-3/h4-10,12,15H,11H2,1-3H3,(H,23,24)/t15-/m0/s1. The lowest BCUT2D eigenvalue weighted by molar-refractivity contribution is -0.116. The van der Waals surface area contributed by atoms with E-state index in [0.717, 1.165) is 33.0 Å². The van der Waals surface area contributed by atoms with Crippen LogP contribution in [-0.2, 0) is 4.79 Å². The molecule has 0 spiro atoms. The van der Waals surface area contributed by atoms with E-state index >= 15 is 0 Å². The van der Waals surface area contributed by atoms with Gasteiger partial charge in [-0.3, -0.25) is 4.79 Å². The molecule has 0 saturated heterocycles.